The summed E-state index contributed by atoms with van der Waals surface area (Å²) in [4.78, 5) is 44.8. The van der Waals surface area contributed by atoms with Gasteiger partial charge in [-0.05, 0) is 31.6 Å². The van der Waals surface area contributed by atoms with Crippen LogP contribution in [0.1, 0.15) is 91.4 Å². The molecule has 8 nitrogen and oxygen atoms in total. The third-order valence-corrected chi connectivity index (χ3v) is 6.89. The first-order valence-corrected chi connectivity index (χ1v) is 13.2. The number of carbonyl (C=O) groups excluding carboxylic acids is 2. The van der Waals surface area contributed by atoms with Gasteiger partial charge in [0.15, 0.2) is 0 Å². The van der Waals surface area contributed by atoms with E-state index >= 15 is 0 Å². The summed E-state index contributed by atoms with van der Waals surface area (Å²) in [5.41, 5.74) is 0. The van der Waals surface area contributed by atoms with E-state index in [1.54, 1.807) is 6.92 Å². The van der Waals surface area contributed by atoms with Gasteiger partial charge in [0.25, 0.3) is 0 Å². The number of amides is 2. The molecule has 1 aliphatic heterocycles. The Bertz CT molecular complexity index is 567. The maximum absolute atomic E-state index is 13.0. The predicted molar refractivity (Wildman–Crippen MR) is 119 cm³/mol. The minimum Gasteiger partial charge on any atom is -0.354 e. The number of rotatable bonds is 8. The molecule has 30 heavy (non-hydrogen) atoms. The lowest BCUT2D eigenvalue weighted by Crippen LogP contribution is -2.54. The lowest BCUT2D eigenvalue weighted by molar-refractivity contribution is -0.130. The Morgan fingerprint density at radius 2 is 1.67 bits per heavy atom. The fraction of sp³-hybridized carbons (Fsp3) is 0.905. The molecule has 1 heterocycles. The Kier molecular flexibility index (Phi) is 12.8. The molecule has 1 fully saturated rings. The molecule has 0 aromatic heterocycles. The third-order valence-electron chi connectivity index (χ3n) is 5.56. The highest BCUT2D eigenvalue weighted by Gasteiger charge is 2.33. The maximum Gasteiger partial charge on any atom is 0.342 e. The summed E-state index contributed by atoms with van der Waals surface area (Å²) in [6.07, 6.45) is 9.90. The number of nitrogens with one attached hydrogen (secondary N) is 3. The van der Waals surface area contributed by atoms with Crippen LogP contribution >= 0.6 is 7.60 Å². The standard InChI is InChI=1S/C21H42N3O5P/c1-4-19(30(27,28)29)23-18(15-16(2)3)21(26)24-17-13-11-9-7-5-6-8-10-12-14-22-20(17)25/h16-19,23H,4-15H2,1-3H3,(H,22,25)(H,24,26)(H2,27,28,29)/t17?,18-,19?/m0/s1. The molecule has 9 heteroatoms. The van der Waals surface area contributed by atoms with Crippen LogP contribution in [0.2, 0.25) is 0 Å². The van der Waals surface area contributed by atoms with Crippen molar-refractivity contribution in [3.8, 4) is 0 Å². The van der Waals surface area contributed by atoms with Crippen molar-refractivity contribution in [1.82, 2.24) is 16.0 Å². The number of hydrogen-bond acceptors (Lipinski definition) is 4. The average molecular weight is 448 g/mol. The summed E-state index contributed by atoms with van der Waals surface area (Å²) in [5, 5.41) is 8.64. The molecule has 0 aliphatic carbocycles. The largest absolute Gasteiger partial charge is 0.354 e. The molecule has 1 saturated heterocycles. The van der Waals surface area contributed by atoms with E-state index in [-0.39, 0.29) is 24.2 Å². The highest BCUT2D eigenvalue weighted by atomic mass is 31.2. The highest BCUT2D eigenvalue weighted by molar-refractivity contribution is 7.52. The number of carbonyl (C=O) groups is 2. The molecule has 2 unspecified atom stereocenters. The van der Waals surface area contributed by atoms with Gasteiger partial charge in [0.2, 0.25) is 11.8 Å². The summed E-state index contributed by atoms with van der Waals surface area (Å²) in [5.74, 6) is -1.48. The van der Waals surface area contributed by atoms with E-state index in [0.717, 1.165) is 32.1 Å². The summed E-state index contributed by atoms with van der Waals surface area (Å²) < 4.78 is 11.7. The maximum atomic E-state index is 13.0. The van der Waals surface area contributed by atoms with E-state index in [2.05, 4.69) is 16.0 Å². The van der Waals surface area contributed by atoms with Gasteiger partial charge in [0, 0.05) is 6.54 Å². The van der Waals surface area contributed by atoms with E-state index in [1.807, 2.05) is 13.8 Å². The zero-order valence-corrected chi connectivity index (χ0v) is 19.8. The van der Waals surface area contributed by atoms with Crippen molar-refractivity contribution in [3.63, 3.8) is 0 Å². The molecule has 0 aromatic rings. The summed E-state index contributed by atoms with van der Waals surface area (Å²) in [6.45, 7) is 6.18. The fourth-order valence-corrected chi connectivity index (χ4v) is 4.67. The molecule has 176 valence electrons. The second kappa shape index (κ2) is 14.2. The van der Waals surface area contributed by atoms with Gasteiger partial charge in [0.1, 0.15) is 11.8 Å². The van der Waals surface area contributed by atoms with E-state index < -0.39 is 25.5 Å². The molecule has 2 amide bonds. The smallest absolute Gasteiger partial charge is 0.342 e. The van der Waals surface area contributed by atoms with Crippen molar-refractivity contribution in [2.75, 3.05) is 6.54 Å². The van der Waals surface area contributed by atoms with Gasteiger partial charge in [-0.25, -0.2) is 0 Å². The molecule has 1 rings (SSSR count). The lowest BCUT2D eigenvalue weighted by Gasteiger charge is -2.28. The molecule has 0 saturated carbocycles. The summed E-state index contributed by atoms with van der Waals surface area (Å²) >= 11 is 0. The van der Waals surface area contributed by atoms with Gasteiger partial charge in [-0.15, -0.1) is 0 Å². The van der Waals surface area contributed by atoms with Gasteiger partial charge in [-0.2, -0.15) is 0 Å². The van der Waals surface area contributed by atoms with E-state index in [4.69, 9.17) is 0 Å². The molecule has 3 atom stereocenters. The van der Waals surface area contributed by atoms with E-state index in [1.165, 1.54) is 19.3 Å². The first-order chi connectivity index (χ1) is 14.1. The predicted octanol–water partition coefficient (Wildman–Crippen LogP) is 3.03. The minimum atomic E-state index is -4.37. The van der Waals surface area contributed by atoms with Crippen LogP contribution in [-0.2, 0) is 14.2 Å². The van der Waals surface area contributed by atoms with Crippen LogP contribution < -0.4 is 16.0 Å². The van der Waals surface area contributed by atoms with Crippen molar-refractivity contribution in [2.45, 2.75) is 109 Å². The Hall–Kier alpha value is -0.950. The van der Waals surface area contributed by atoms with Crippen LogP contribution in [0, 0.1) is 5.92 Å². The third kappa shape index (κ3) is 10.9. The highest BCUT2D eigenvalue weighted by Crippen LogP contribution is 2.41. The van der Waals surface area contributed by atoms with Crippen LogP contribution in [0.5, 0.6) is 0 Å². The zero-order chi connectivity index (χ0) is 22.6. The quantitative estimate of drug-likeness (QED) is 0.364. The zero-order valence-electron chi connectivity index (χ0n) is 18.9. The molecule has 0 aromatic carbocycles. The van der Waals surface area contributed by atoms with Crippen LogP contribution in [0.4, 0.5) is 0 Å². The topological polar surface area (TPSA) is 128 Å². The van der Waals surface area contributed by atoms with Crippen molar-refractivity contribution < 1.29 is 23.9 Å². The van der Waals surface area contributed by atoms with Crippen LogP contribution in [0.25, 0.3) is 0 Å². The lowest BCUT2D eigenvalue weighted by atomic mass is 10.0. The second-order valence-corrected chi connectivity index (χ2v) is 10.6. The Morgan fingerprint density at radius 3 is 2.20 bits per heavy atom. The van der Waals surface area contributed by atoms with Crippen LogP contribution in [0.15, 0.2) is 0 Å². The first-order valence-electron chi connectivity index (χ1n) is 11.5. The van der Waals surface area contributed by atoms with Crippen LogP contribution in [-0.4, -0.2) is 46.0 Å². The van der Waals surface area contributed by atoms with Crippen LogP contribution in [0.3, 0.4) is 0 Å². The summed E-state index contributed by atoms with van der Waals surface area (Å²) in [7, 11) is -4.37. The van der Waals surface area contributed by atoms with Crippen molar-refractivity contribution in [3.05, 3.63) is 0 Å². The average Bonchev–Trinajstić information content (AvgIpc) is 2.67. The summed E-state index contributed by atoms with van der Waals surface area (Å²) in [6, 6.07) is -1.38. The molecular weight excluding hydrogens is 405 g/mol. The molecule has 5 N–H and O–H groups in total. The van der Waals surface area contributed by atoms with Crippen molar-refractivity contribution in [1.29, 1.82) is 0 Å². The monoisotopic (exact) mass is 447 g/mol. The Morgan fingerprint density at radius 1 is 1.10 bits per heavy atom. The van der Waals surface area contributed by atoms with Gasteiger partial charge in [-0.1, -0.05) is 65.7 Å². The molecule has 0 bridgehead atoms. The normalized spacial score (nSPS) is 22.2. The Balaban J connectivity index is 2.84. The molecule has 1 aliphatic rings. The number of hydrogen-bond donors (Lipinski definition) is 5. The Labute approximate surface area is 181 Å². The van der Waals surface area contributed by atoms with Crippen molar-refractivity contribution in [2.24, 2.45) is 5.92 Å². The molecule has 0 radical (unpaired) electrons. The van der Waals surface area contributed by atoms with Gasteiger partial charge < -0.3 is 20.4 Å². The first kappa shape index (κ1) is 27.1. The van der Waals surface area contributed by atoms with E-state index in [0.29, 0.717) is 19.4 Å². The molecule has 0 spiro atoms. The second-order valence-electron chi connectivity index (χ2n) is 8.83. The SMILES string of the molecule is CCC(N[C@@H](CC(C)C)C(=O)NC1CCCCCCCCCCNC1=O)P(=O)(O)O. The fourth-order valence-electron chi connectivity index (χ4n) is 3.82. The van der Waals surface area contributed by atoms with Crippen molar-refractivity contribution >= 4 is 19.4 Å². The van der Waals surface area contributed by atoms with Gasteiger partial charge >= 0.3 is 7.60 Å². The minimum absolute atomic E-state index is 0.149. The van der Waals surface area contributed by atoms with E-state index in [9.17, 15) is 23.9 Å². The van der Waals surface area contributed by atoms with Gasteiger partial charge in [-0.3, -0.25) is 19.5 Å². The molecular formula is C21H42N3O5P. The van der Waals surface area contributed by atoms with Gasteiger partial charge in [0.05, 0.1) is 6.04 Å².